The molecule has 0 bridgehead atoms. The van der Waals surface area contributed by atoms with E-state index in [0.29, 0.717) is 32.4 Å². The minimum Gasteiger partial charge on any atom is -0.451 e. The molecule has 0 saturated carbocycles. The number of nitrogens with zero attached hydrogens (tertiary/aromatic N) is 3. The quantitative estimate of drug-likeness (QED) is 0.403. The van der Waals surface area contributed by atoms with Crippen molar-refractivity contribution >= 4 is 17.9 Å². The van der Waals surface area contributed by atoms with Crippen LogP contribution in [-0.4, -0.2) is 97.3 Å². The van der Waals surface area contributed by atoms with Gasteiger partial charge in [-0.05, 0) is 13.0 Å². The van der Waals surface area contributed by atoms with Crippen LogP contribution in [0.5, 0.6) is 5.75 Å². The molecule has 4 heterocycles. The van der Waals surface area contributed by atoms with Crippen molar-refractivity contribution in [3.05, 3.63) is 63.1 Å². The molecule has 3 aliphatic heterocycles. The molecular formula is C27H31F2N5O8. The minimum atomic E-state index is -0.922. The first-order chi connectivity index (χ1) is 20.2. The molecule has 2 unspecified atom stereocenters. The van der Waals surface area contributed by atoms with Gasteiger partial charge in [0.15, 0.2) is 11.9 Å². The van der Waals surface area contributed by atoms with E-state index in [1.807, 2.05) is 0 Å². The lowest BCUT2D eigenvalue weighted by Crippen LogP contribution is -2.49. The van der Waals surface area contributed by atoms with E-state index in [-0.39, 0.29) is 37.0 Å². The van der Waals surface area contributed by atoms with E-state index in [0.717, 1.165) is 19.2 Å². The van der Waals surface area contributed by atoms with Crippen molar-refractivity contribution in [3.63, 3.8) is 0 Å². The van der Waals surface area contributed by atoms with Crippen molar-refractivity contribution in [2.45, 2.75) is 32.3 Å². The average molecular weight is 592 g/mol. The van der Waals surface area contributed by atoms with Crippen LogP contribution in [0.3, 0.4) is 0 Å². The molecule has 3 amide bonds. The second-order valence-corrected chi connectivity index (χ2v) is 10.0. The summed E-state index contributed by atoms with van der Waals surface area (Å²) in [6, 6.07) is 2.64. The zero-order valence-corrected chi connectivity index (χ0v) is 22.9. The predicted molar refractivity (Wildman–Crippen MR) is 141 cm³/mol. The van der Waals surface area contributed by atoms with Gasteiger partial charge in [0.05, 0.1) is 32.4 Å². The Hall–Kier alpha value is -4.08. The van der Waals surface area contributed by atoms with E-state index >= 15 is 0 Å². The van der Waals surface area contributed by atoms with Gasteiger partial charge in [0, 0.05) is 50.6 Å². The Labute approximate surface area is 239 Å². The van der Waals surface area contributed by atoms with E-state index in [4.69, 9.17) is 18.9 Å². The molecule has 2 aromatic rings. The maximum absolute atomic E-state index is 14.1. The first-order valence-corrected chi connectivity index (χ1v) is 13.5. The van der Waals surface area contributed by atoms with Crippen LogP contribution in [0.1, 0.15) is 33.3 Å². The van der Waals surface area contributed by atoms with Crippen molar-refractivity contribution < 1.29 is 42.1 Å². The van der Waals surface area contributed by atoms with Crippen molar-refractivity contribution in [1.82, 2.24) is 25.0 Å². The van der Waals surface area contributed by atoms with E-state index < -0.39 is 59.3 Å². The molecule has 15 heteroatoms. The molecule has 2 fully saturated rings. The smallest absolute Gasteiger partial charge is 0.410 e. The largest absolute Gasteiger partial charge is 0.451 e. The number of carbonyl (C=O) groups is 3. The molecule has 226 valence electrons. The lowest BCUT2D eigenvalue weighted by Gasteiger charge is -2.34. The first kappa shape index (κ1) is 29.4. The zero-order chi connectivity index (χ0) is 29.8. The molecule has 1 aromatic carbocycles. The Kier molecular flexibility index (Phi) is 8.99. The summed E-state index contributed by atoms with van der Waals surface area (Å²) < 4.78 is 50.3. The summed E-state index contributed by atoms with van der Waals surface area (Å²) in [7, 11) is 0. The highest BCUT2D eigenvalue weighted by Gasteiger charge is 2.43. The number of aromatic nitrogens is 1. The molecule has 2 atom stereocenters. The summed E-state index contributed by atoms with van der Waals surface area (Å²) >= 11 is 0. The highest BCUT2D eigenvalue weighted by Crippen LogP contribution is 2.30. The molecule has 5 rings (SSSR count). The third-order valence-electron chi connectivity index (χ3n) is 7.24. The third-order valence-corrected chi connectivity index (χ3v) is 7.24. The van der Waals surface area contributed by atoms with Crippen LogP contribution in [-0.2, 0) is 27.3 Å². The van der Waals surface area contributed by atoms with Crippen molar-refractivity contribution in [1.29, 1.82) is 0 Å². The summed E-state index contributed by atoms with van der Waals surface area (Å²) in [5.74, 6) is -3.52. The van der Waals surface area contributed by atoms with Crippen molar-refractivity contribution in [2.75, 3.05) is 52.8 Å². The van der Waals surface area contributed by atoms with Crippen LogP contribution in [0, 0.1) is 11.6 Å². The highest BCUT2D eigenvalue weighted by atomic mass is 19.1. The van der Waals surface area contributed by atoms with Gasteiger partial charge in [-0.25, -0.2) is 13.6 Å². The fourth-order valence-electron chi connectivity index (χ4n) is 5.03. The van der Waals surface area contributed by atoms with Crippen LogP contribution in [0.15, 0.2) is 29.2 Å². The van der Waals surface area contributed by atoms with Crippen LogP contribution in [0.2, 0.25) is 0 Å². The van der Waals surface area contributed by atoms with Crippen molar-refractivity contribution in [3.8, 4) is 5.75 Å². The van der Waals surface area contributed by atoms with Crippen molar-refractivity contribution in [2.24, 2.45) is 0 Å². The number of hydrogen-bond acceptors (Lipinski definition) is 9. The monoisotopic (exact) mass is 591 g/mol. The molecule has 0 radical (unpaired) electrons. The fraction of sp³-hybridized carbons (Fsp3) is 0.481. The van der Waals surface area contributed by atoms with Crippen LogP contribution in [0.4, 0.5) is 13.6 Å². The van der Waals surface area contributed by atoms with Gasteiger partial charge in [-0.1, -0.05) is 6.07 Å². The summed E-state index contributed by atoms with van der Waals surface area (Å²) in [6.45, 7) is 4.83. The van der Waals surface area contributed by atoms with Crippen LogP contribution < -0.4 is 20.8 Å². The topological polar surface area (TPSA) is 141 Å². The van der Waals surface area contributed by atoms with Gasteiger partial charge in [0.2, 0.25) is 18.0 Å². The number of pyridine rings is 1. The Morgan fingerprint density at radius 3 is 2.69 bits per heavy atom. The molecule has 0 spiro atoms. The van der Waals surface area contributed by atoms with Gasteiger partial charge in [0.25, 0.3) is 11.8 Å². The van der Waals surface area contributed by atoms with E-state index in [1.54, 1.807) is 6.92 Å². The fourth-order valence-corrected chi connectivity index (χ4v) is 5.03. The summed E-state index contributed by atoms with van der Waals surface area (Å²) in [6.07, 6.45) is -0.199. The number of hydrogen-bond donors (Lipinski definition) is 2. The number of ether oxygens (including phenoxy) is 4. The maximum Gasteiger partial charge on any atom is 0.410 e. The average Bonchev–Trinajstić information content (AvgIpc) is 3.34. The Morgan fingerprint density at radius 2 is 1.93 bits per heavy atom. The minimum absolute atomic E-state index is 0.00600. The summed E-state index contributed by atoms with van der Waals surface area (Å²) in [5.41, 5.74) is -1.43. The molecule has 0 aliphatic carbocycles. The van der Waals surface area contributed by atoms with Gasteiger partial charge < -0.3 is 39.0 Å². The second-order valence-electron chi connectivity index (χ2n) is 10.0. The van der Waals surface area contributed by atoms with Crippen LogP contribution in [0.25, 0.3) is 0 Å². The lowest BCUT2D eigenvalue weighted by molar-refractivity contribution is 0.00498. The molecular weight excluding hydrogens is 560 g/mol. The molecule has 2 saturated heterocycles. The SMILES string of the molecule is CC1COC2Cn3cc(C(=O)NCc4ccc(F)cc4F)c(=O)c(OCOC(=O)NCCN4CCOCC4)c3C(=O)N12. The zero-order valence-electron chi connectivity index (χ0n) is 22.9. The number of rotatable bonds is 9. The second kappa shape index (κ2) is 12.8. The number of alkyl carbamates (subject to hydrolysis) is 1. The van der Waals surface area contributed by atoms with Gasteiger partial charge in [-0.2, -0.15) is 0 Å². The standard InChI is InChI=1S/C27H31F2N5O8/c1-16-14-40-21-13-33-12-19(25(36)31-11-17-2-3-18(28)10-20(17)29)23(35)24(22(33)26(37)34(16)21)41-15-42-27(38)30-4-5-32-6-8-39-9-7-32/h2-3,10,12,16,21H,4-9,11,13-15H2,1H3,(H,30,38)(H,31,36). The molecule has 3 aliphatic rings. The lowest BCUT2D eigenvalue weighted by atomic mass is 10.1. The molecule has 2 N–H and O–H groups in total. The number of halogens is 2. The number of nitrogens with one attached hydrogen (secondary N) is 2. The van der Waals surface area contributed by atoms with E-state index in [9.17, 15) is 28.0 Å². The number of amides is 3. The number of fused-ring (bicyclic) bond motifs is 2. The third kappa shape index (κ3) is 6.37. The molecule has 13 nitrogen and oxygen atoms in total. The van der Waals surface area contributed by atoms with Gasteiger partial charge >= 0.3 is 6.09 Å². The Morgan fingerprint density at radius 1 is 1.14 bits per heavy atom. The summed E-state index contributed by atoms with van der Waals surface area (Å²) in [4.78, 5) is 55.7. The normalized spacial score (nSPS) is 20.1. The number of benzene rings is 1. The first-order valence-electron chi connectivity index (χ1n) is 13.5. The van der Waals surface area contributed by atoms with Gasteiger partial charge in [-0.15, -0.1) is 0 Å². The van der Waals surface area contributed by atoms with Crippen LogP contribution >= 0.6 is 0 Å². The molecule has 42 heavy (non-hydrogen) atoms. The highest BCUT2D eigenvalue weighted by molar-refractivity contribution is 5.99. The van der Waals surface area contributed by atoms with E-state index in [2.05, 4.69) is 15.5 Å². The maximum atomic E-state index is 14.1. The molecule has 1 aromatic heterocycles. The Balaban J connectivity index is 1.31. The van der Waals surface area contributed by atoms with Gasteiger partial charge in [0.1, 0.15) is 17.2 Å². The predicted octanol–water partition coefficient (Wildman–Crippen LogP) is 0.652. The number of morpholine rings is 1. The summed E-state index contributed by atoms with van der Waals surface area (Å²) in [5, 5.41) is 5.03. The number of carbonyl (C=O) groups excluding carboxylic acids is 3. The Bertz CT molecular complexity index is 1410. The van der Waals surface area contributed by atoms with E-state index in [1.165, 1.54) is 21.7 Å². The van der Waals surface area contributed by atoms with Gasteiger partial charge in [-0.3, -0.25) is 19.3 Å².